The number of piperidine rings is 1. The topological polar surface area (TPSA) is 29.5 Å². The molecular weight excluding hydrogens is 274 g/mol. The summed E-state index contributed by atoms with van der Waals surface area (Å²) in [6, 6.07) is 8.40. The first-order valence-electron chi connectivity index (χ1n) is 8.56. The molecule has 1 amide bonds. The van der Waals surface area contributed by atoms with Gasteiger partial charge in [0.2, 0.25) is 0 Å². The summed E-state index contributed by atoms with van der Waals surface area (Å²) in [6.07, 6.45) is 9.55. The van der Waals surface area contributed by atoms with Gasteiger partial charge in [-0.05, 0) is 43.7 Å². The van der Waals surface area contributed by atoms with Crippen LogP contribution in [0.5, 0.6) is 5.75 Å². The van der Waals surface area contributed by atoms with E-state index in [1.54, 1.807) is 0 Å². The van der Waals surface area contributed by atoms with Crippen molar-refractivity contribution in [1.29, 1.82) is 0 Å². The largest absolute Gasteiger partial charge is 0.488 e. The van der Waals surface area contributed by atoms with Gasteiger partial charge in [0, 0.05) is 18.2 Å². The SMILES string of the molecule is O=C(C1=Cc2ccccc2OC1)N1CCC[C@@H]2CCCC[C@H]21. The normalized spacial score (nSPS) is 27.3. The second-order valence-electron chi connectivity index (χ2n) is 6.75. The monoisotopic (exact) mass is 297 g/mol. The number of likely N-dealkylation sites (tertiary alicyclic amines) is 1. The van der Waals surface area contributed by atoms with Gasteiger partial charge in [-0.3, -0.25) is 4.79 Å². The quantitative estimate of drug-likeness (QED) is 0.792. The Balaban J connectivity index is 1.58. The predicted octanol–water partition coefficient (Wildman–Crippen LogP) is 3.64. The Morgan fingerprint density at radius 1 is 1.09 bits per heavy atom. The third-order valence-corrected chi connectivity index (χ3v) is 5.41. The first-order valence-corrected chi connectivity index (χ1v) is 8.56. The molecule has 0 bridgehead atoms. The third-order valence-electron chi connectivity index (χ3n) is 5.41. The van der Waals surface area contributed by atoms with E-state index in [1.165, 1.54) is 32.1 Å². The summed E-state index contributed by atoms with van der Waals surface area (Å²) in [7, 11) is 0. The van der Waals surface area contributed by atoms with Gasteiger partial charge in [0.25, 0.3) is 5.91 Å². The molecule has 0 N–H and O–H groups in total. The average molecular weight is 297 g/mol. The van der Waals surface area contributed by atoms with Crippen LogP contribution in [0.3, 0.4) is 0 Å². The Labute approximate surface area is 132 Å². The van der Waals surface area contributed by atoms with E-state index in [-0.39, 0.29) is 5.91 Å². The number of fused-ring (bicyclic) bond motifs is 2. The van der Waals surface area contributed by atoms with Gasteiger partial charge in [0.05, 0.1) is 5.57 Å². The highest BCUT2D eigenvalue weighted by Crippen LogP contribution is 2.36. The van der Waals surface area contributed by atoms with Gasteiger partial charge in [-0.2, -0.15) is 0 Å². The summed E-state index contributed by atoms with van der Waals surface area (Å²) in [4.78, 5) is 15.1. The molecule has 2 fully saturated rings. The van der Waals surface area contributed by atoms with Gasteiger partial charge in [-0.15, -0.1) is 0 Å². The zero-order valence-corrected chi connectivity index (χ0v) is 13.0. The number of nitrogens with zero attached hydrogens (tertiary/aromatic N) is 1. The van der Waals surface area contributed by atoms with Crippen molar-refractivity contribution in [2.45, 2.75) is 44.6 Å². The van der Waals surface area contributed by atoms with Crippen molar-refractivity contribution >= 4 is 12.0 Å². The van der Waals surface area contributed by atoms with E-state index >= 15 is 0 Å². The third kappa shape index (κ3) is 2.43. The van der Waals surface area contributed by atoms with Crippen LogP contribution in [0.25, 0.3) is 6.08 Å². The summed E-state index contributed by atoms with van der Waals surface area (Å²) in [5.41, 5.74) is 1.83. The first kappa shape index (κ1) is 13.9. The van der Waals surface area contributed by atoms with Crippen LogP contribution >= 0.6 is 0 Å². The molecule has 0 aromatic heterocycles. The minimum atomic E-state index is 0.200. The van der Waals surface area contributed by atoms with Crippen LogP contribution in [-0.2, 0) is 4.79 Å². The number of amides is 1. The predicted molar refractivity (Wildman–Crippen MR) is 86.6 cm³/mol. The van der Waals surface area contributed by atoms with Crippen molar-refractivity contribution in [1.82, 2.24) is 4.90 Å². The fourth-order valence-corrected chi connectivity index (χ4v) is 4.30. The number of hydrogen-bond donors (Lipinski definition) is 0. The maximum Gasteiger partial charge on any atom is 0.253 e. The van der Waals surface area contributed by atoms with Crippen molar-refractivity contribution in [3.8, 4) is 5.75 Å². The van der Waals surface area contributed by atoms with Crippen LogP contribution < -0.4 is 4.74 Å². The summed E-state index contributed by atoms with van der Waals surface area (Å²) < 4.78 is 5.77. The van der Waals surface area contributed by atoms with Crippen LogP contribution in [0.1, 0.15) is 44.1 Å². The van der Waals surface area contributed by atoms with E-state index in [1.807, 2.05) is 30.3 Å². The number of rotatable bonds is 1. The summed E-state index contributed by atoms with van der Waals surface area (Å²) in [5, 5.41) is 0. The van der Waals surface area contributed by atoms with Crippen LogP contribution in [-0.4, -0.2) is 30.0 Å². The standard InChI is InChI=1S/C19H23NO2/c21-19(16-12-15-7-2-4-10-18(15)22-13-16)20-11-5-8-14-6-1-3-9-17(14)20/h2,4,7,10,12,14,17H,1,3,5-6,8-9,11,13H2/t14-,17+/m0/s1. The van der Waals surface area contributed by atoms with Gasteiger partial charge in [0.1, 0.15) is 12.4 Å². The Bertz CT molecular complexity index is 605. The second kappa shape index (κ2) is 5.79. The van der Waals surface area contributed by atoms with Crippen LogP contribution in [0.15, 0.2) is 29.8 Å². The summed E-state index contributed by atoms with van der Waals surface area (Å²) in [6.45, 7) is 1.32. The van der Waals surface area contributed by atoms with E-state index in [0.29, 0.717) is 12.6 Å². The smallest absolute Gasteiger partial charge is 0.253 e. The Morgan fingerprint density at radius 2 is 1.91 bits per heavy atom. The highest BCUT2D eigenvalue weighted by atomic mass is 16.5. The Hall–Kier alpha value is -1.77. The van der Waals surface area contributed by atoms with Crippen molar-refractivity contribution < 1.29 is 9.53 Å². The molecule has 116 valence electrons. The molecule has 2 aliphatic heterocycles. The maximum absolute atomic E-state index is 13.0. The Morgan fingerprint density at radius 3 is 2.86 bits per heavy atom. The van der Waals surface area contributed by atoms with Crippen LogP contribution in [0, 0.1) is 5.92 Å². The van der Waals surface area contributed by atoms with Crippen molar-refractivity contribution in [3.63, 3.8) is 0 Å². The van der Waals surface area contributed by atoms with Gasteiger partial charge < -0.3 is 9.64 Å². The van der Waals surface area contributed by atoms with Gasteiger partial charge in [-0.25, -0.2) is 0 Å². The second-order valence-corrected chi connectivity index (χ2v) is 6.75. The van der Waals surface area contributed by atoms with Gasteiger partial charge in [0.15, 0.2) is 0 Å². The average Bonchev–Trinajstić information content (AvgIpc) is 2.60. The number of carbonyl (C=O) groups excluding carboxylic acids is 1. The highest BCUT2D eigenvalue weighted by Gasteiger charge is 2.36. The molecule has 3 nitrogen and oxygen atoms in total. The lowest BCUT2D eigenvalue weighted by molar-refractivity contribution is -0.133. The number of ether oxygens (including phenoxy) is 1. The maximum atomic E-state index is 13.0. The van der Waals surface area contributed by atoms with Crippen LogP contribution in [0.4, 0.5) is 0 Å². The minimum Gasteiger partial charge on any atom is -0.488 e. The van der Waals surface area contributed by atoms with E-state index < -0.39 is 0 Å². The number of carbonyl (C=O) groups is 1. The highest BCUT2D eigenvalue weighted by molar-refractivity contribution is 5.99. The molecule has 2 heterocycles. The number of para-hydroxylation sites is 1. The fraction of sp³-hybridized carbons (Fsp3) is 0.526. The molecular formula is C19H23NO2. The zero-order valence-electron chi connectivity index (χ0n) is 13.0. The fourth-order valence-electron chi connectivity index (χ4n) is 4.30. The number of benzene rings is 1. The molecule has 0 unspecified atom stereocenters. The van der Waals surface area contributed by atoms with E-state index in [9.17, 15) is 4.79 Å². The molecule has 3 heteroatoms. The molecule has 1 aromatic rings. The lowest BCUT2D eigenvalue weighted by atomic mass is 9.78. The molecule has 4 rings (SSSR count). The van der Waals surface area contributed by atoms with E-state index in [0.717, 1.165) is 35.8 Å². The van der Waals surface area contributed by atoms with Crippen molar-refractivity contribution in [2.24, 2.45) is 5.92 Å². The Kier molecular flexibility index (Phi) is 3.65. The molecule has 0 radical (unpaired) electrons. The molecule has 3 aliphatic rings. The lowest BCUT2D eigenvalue weighted by Gasteiger charge is -2.44. The van der Waals surface area contributed by atoms with Crippen molar-refractivity contribution in [3.05, 3.63) is 35.4 Å². The molecule has 1 saturated heterocycles. The summed E-state index contributed by atoms with van der Waals surface area (Å²) >= 11 is 0. The molecule has 1 saturated carbocycles. The molecule has 2 atom stereocenters. The molecule has 0 spiro atoms. The van der Waals surface area contributed by atoms with E-state index in [2.05, 4.69) is 4.90 Å². The van der Waals surface area contributed by atoms with E-state index in [4.69, 9.17) is 4.74 Å². The lowest BCUT2D eigenvalue weighted by Crippen LogP contribution is -2.50. The van der Waals surface area contributed by atoms with Gasteiger partial charge >= 0.3 is 0 Å². The van der Waals surface area contributed by atoms with Gasteiger partial charge in [-0.1, -0.05) is 31.0 Å². The van der Waals surface area contributed by atoms with Crippen LogP contribution in [0.2, 0.25) is 0 Å². The molecule has 1 aromatic carbocycles. The molecule has 1 aliphatic carbocycles. The number of hydrogen-bond acceptors (Lipinski definition) is 2. The van der Waals surface area contributed by atoms with Crippen molar-refractivity contribution in [2.75, 3.05) is 13.2 Å². The minimum absolute atomic E-state index is 0.200. The molecule has 22 heavy (non-hydrogen) atoms. The summed E-state index contributed by atoms with van der Waals surface area (Å²) in [5.74, 6) is 1.81. The zero-order chi connectivity index (χ0) is 14.9. The first-order chi connectivity index (χ1) is 10.8.